The lowest BCUT2D eigenvalue weighted by Gasteiger charge is -2.33. The fourth-order valence-corrected chi connectivity index (χ4v) is 4.75. The van der Waals surface area contributed by atoms with Crippen molar-refractivity contribution in [1.29, 1.82) is 0 Å². The topological polar surface area (TPSA) is 32.3 Å². The molecule has 2 aromatic carbocycles. The molecule has 1 amide bonds. The van der Waals surface area contributed by atoms with Crippen LogP contribution in [0.15, 0.2) is 42.5 Å². The van der Waals surface area contributed by atoms with Crippen LogP contribution in [-0.4, -0.2) is 23.9 Å². The normalized spacial score (nSPS) is 20.6. The highest BCUT2D eigenvalue weighted by Gasteiger charge is 2.27. The van der Waals surface area contributed by atoms with Crippen molar-refractivity contribution in [2.45, 2.75) is 51.6 Å². The lowest BCUT2D eigenvalue weighted by molar-refractivity contribution is -0.127. The number of likely N-dealkylation sites (tertiary alicyclic amines) is 1. The summed E-state index contributed by atoms with van der Waals surface area (Å²) in [6, 6.07) is 14.7. The Morgan fingerprint density at radius 3 is 2.86 bits per heavy atom. The predicted octanol–water partition coefficient (Wildman–Crippen LogP) is 4.92. The molecule has 0 aromatic heterocycles. The molecule has 4 rings (SSSR count). The molecule has 0 spiro atoms. The summed E-state index contributed by atoms with van der Waals surface area (Å²) in [6.45, 7) is 4.73. The monoisotopic (exact) mass is 396 g/mol. The van der Waals surface area contributed by atoms with Gasteiger partial charge in [-0.2, -0.15) is 0 Å². The zero-order chi connectivity index (χ0) is 19.5. The first-order valence-corrected chi connectivity index (χ1v) is 10.9. The third-order valence-corrected chi connectivity index (χ3v) is 6.58. The minimum Gasteiger partial charge on any atom is -0.349 e. The van der Waals surface area contributed by atoms with Gasteiger partial charge in [-0.3, -0.25) is 9.69 Å². The number of piperidine rings is 1. The number of amides is 1. The standard InChI is InChI=1S/C24H29ClN2O/c1-17(19-12-11-18-7-4-8-20(18)14-19)26-24(28)22-9-5-13-27(16-22)15-21-6-2-3-10-23(21)25/h2-3,6,10-12,14,17,22H,4-5,7-9,13,15-16H2,1H3,(H,26,28). The van der Waals surface area contributed by atoms with Crippen molar-refractivity contribution in [3.05, 3.63) is 69.7 Å². The van der Waals surface area contributed by atoms with E-state index >= 15 is 0 Å². The van der Waals surface area contributed by atoms with E-state index in [0.29, 0.717) is 0 Å². The van der Waals surface area contributed by atoms with E-state index in [0.717, 1.165) is 43.1 Å². The summed E-state index contributed by atoms with van der Waals surface area (Å²) in [7, 11) is 0. The highest BCUT2D eigenvalue weighted by molar-refractivity contribution is 6.31. The van der Waals surface area contributed by atoms with Crippen LogP contribution in [-0.2, 0) is 24.2 Å². The van der Waals surface area contributed by atoms with Gasteiger partial charge in [-0.25, -0.2) is 0 Å². The minimum absolute atomic E-state index is 0.0492. The van der Waals surface area contributed by atoms with Gasteiger partial charge in [0.1, 0.15) is 0 Å². The molecule has 3 nitrogen and oxygen atoms in total. The van der Waals surface area contributed by atoms with E-state index < -0.39 is 0 Å². The largest absolute Gasteiger partial charge is 0.349 e. The van der Waals surface area contributed by atoms with E-state index in [1.807, 2.05) is 18.2 Å². The van der Waals surface area contributed by atoms with E-state index in [9.17, 15) is 4.79 Å². The van der Waals surface area contributed by atoms with E-state index in [2.05, 4.69) is 41.4 Å². The SMILES string of the molecule is CC(NC(=O)C1CCCN(Cc2ccccc2Cl)C1)c1ccc2c(c1)CCC2. The fraction of sp³-hybridized carbons (Fsp3) is 0.458. The first-order valence-electron chi connectivity index (χ1n) is 10.5. The van der Waals surface area contributed by atoms with E-state index in [4.69, 9.17) is 11.6 Å². The summed E-state index contributed by atoms with van der Waals surface area (Å²) < 4.78 is 0. The van der Waals surface area contributed by atoms with Crippen molar-refractivity contribution in [2.75, 3.05) is 13.1 Å². The van der Waals surface area contributed by atoms with Crippen LogP contribution in [0.1, 0.15) is 54.5 Å². The van der Waals surface area contributed by atoms with Crippen molar-refractivity contribution in [1.82, 2.24) is 10.2 Å². The second kappa shape index (κ2) is 8.67. The van der Waals surface area contributed by atoms with Crippen LogP contribution in [0, 0.1) is 5.92 Å². The van der Waals surface area contributed by atoms with E-state index in [1.165, 1.54) is 36.0 Å². The zero-order valence-corrected chi connectivity index (χ0v) is 17.3. The van der Waals surface area contributed by atoms with Gasteiger partial charge in [0.15, 0.2) is 0 Å². The number of rotatable bonds is 5. The molecule has 2 aromatic rings. The lowest BCUT2D eigenvalue weighted by Crippen LogP contribution is -2.43. The first-order chi connectivity index (χ1) is 13.6. The third kappa shape index (κ3) is 4.42. The van der Waals surface area contributed by atoms with Gasteiger partial charge in [-0.15, -0.1) is 0 Å². The molecule has 28 heavy (non-hydrogen) atoms. The number of halogens is 1. The van der Waals surface area contributed by atoms with Gasteiger partial charge in [-0.05, 0) is 73.9 Å². The van der Waals surface area contributed by atoms with Crippen molar-refractivity contribution in [2.24, 2.45) is 5.92 Å². The van der Waals surface area contributed by atoms with Crippen LogP contribution in [0.4, 0.5) is 0 Å². The summed E-state index contributed by atoms with van der Waals surface area (Å²) in [5, 5.41) is 4.07. The van der Waals surface area contributed by atoms with Crippen LogP contribution in [0.3, 0.4) is 0 Å². The Morgan fingerprint density at radius 2 is 2.00 bits per heavy atom. The fourth-order valence-electron chi connectivity index (χ4n) is 4.56. The maximum absolute atomic E-state index is 12.9. The second-order valence-electron chi connectivity index (χ2n) is 8.28. The summed E-state index contributed by atoms with van der Waals surface area (Å²) in [5.41, 5.74) is 5.29. The minimum atomic E-state index is 0.0492. The molecule has 148 valence electrons. The Labute approximate surface area is 173 Å². The predicted molar refractivity (Wildman–Crippen MR) is 114 cm³/mol. The van der Waals surface area contributed by atoms with Gasteiger partial charge in [-0.1, -0.05) is 48.0 Å². The summed E-state index contributed by atoms with van der Waals surface area (Å²) >= 11 is 6.31. The molecule has 1 fully saturated rings. The highest BCUT2D eigenvalue weighted by Crippen LogP contribution is 2.26. The van der Waals surface area contributed by atoms with Crippen molar-refractivity contribution >= 4 is 17.5 Å². The van der Waals surface area contributed by atoms with E-state index in [1.54, 1.807) is 0 Å². The number of nitrogens with one attached hydrogen (secondary N) is 1. The molecular formula is C24H29ClN2O. The van der Waals surface area contributed by atoms with Crippen LogP contribution in [0.25, 0.3) is 0 Å². The van der Waals surface area contributed by atoms with Crippen LogP contribution in [0.5, 0.6) is 0 Å². The number of hydrogen-bond acceptors (Lipinski definition) is 2. The molecule has 2 unspecified atom stereocenters. The van der Waals surface area contributed by atoms with Gasteiger partial charge < -0.3 is 5.32 Å². The molecule has 1 aliphatic carbocycles. The number of aryl methyl sites for hydroxylation is 2. The summed E-state index contributed by atoms with van der Waals surface area (Å²) in [4.78, 5) is 15.3. The third-order valence-electron chi connectivity index (χ3n) is 6.21. The summed E-state index contributed by atoms with van der Waals surface area (Å²) in [6.07, 6.45) is 5.63. The molecule has 0 bridgehead atoms. The Kier molecular flexibility index (Phi) is 6.03. The number of fused-ring (bicyclic) bond motifs is 1. The Hall–Kier alpha value is -1.84. The number of benzene rings is 2. The smallest absolute Gasteiger partial charge is 0.224 e. The van der Waals surface area contributed by atoms with Gasteiger partial charge in [0.2, 0.25) is 5.91 Å². The Morgan fingerprint density at radius 1 is 1.18 bits per heavy atom. The van der Waals surface area contributed by atoms with Gasteiger partial charge in [0, 0.05) is 18.1 Å². The van der Waals surface area contributed by atoms with Crippen molar-refractivity contribution in [3.8, 4) is 0 Å². The molecule has 2 atom stereocenters. The zero-order valence-electron chi connectivity index (χ0n) is 16.6. The second-order valence-corrected chi connectivity index (χ2v) is 8.68. The van der Waals surface area contributed by atoms with Gasteiger partial charge >= 0.3 is 0 Å². The van der Waals surface area contributed by atoms with Crippen LogP contribution >= 0.6 is 11.6 Å². The number of carbonyl (C=O) groups is 1. The van der Waals surface area contributed by atoms with Gasteiger partial charge in [0.25, 0.3) is 0 Å². The van der Waals surface area contributed by atoms with Crippen LogP contribution in [0.2, 0.25) is 5.02 Å². The molecule has 1 saturated heterocycles. The number of carbonyl (C=O) groups excluding carboxylic acids is 1. The quantitative estimate of drug-likeness (QED) is 0.778. The number of hydrogen-bond donors (Lipinski definition) is 1. The molecule has 1 N–H and O–H groups in total. The lowest BCUT2D eigenvalue weighted by atomic mass is 9.95. The highest BCUT2D eigenvalue weighted by atomic mass is 35.5. The molecular weight excluding hydrogens is 368 g/mol. The van der Waals surface area contributed by atoms with Crippen molar-refractivity contribution < 1.29 is 4.79 Å². The molecule has 0 radical (unpaired) electrons. The summed E-state index contributed by atoms with van der Waals surface area (Å²) in [5.74, 6) is 0.227. The van der Waals surface area contributed by atoms with Crippen LogP contribution < -0.4 is 5.32 Å². The average molecular weight is 397 g/mol. The van der Waals surface area contributed by atoms with E-state index in [-0.39, 0.29) is 17.9 Å². The number of nitrogens with zero attached hydrogens (tertiary/aromatic N) is 1. The molecule has 1 heterocycles. The molecule has 2 aliphatic rings. The molecule has 4 heteroatoms. The van der Waals surface area contributed by atoms with Crippen molar-refractivity contribution in [3.63, 3.8) is 0 Å². The maximum Gasteiger partial charge on any atom is 0.224 e. The average Bonchev–Trinajstić information content (AvgIpc) is 3.18. The molecule has 1 aliphatic heterocycles. The first kappa shape index (κ1) is 19.5. The Bertz CT molecular complexity index is 850. The molecule has 0 saturated carbocycles. The Balaban J connectivity index is 1.35. The van der Waals surface area contributed by atoms with Gasteiger partial charge in [0.05, 0.1) is 12.0 Å². The maximum atomic E-state index is 12.9.